The molecule has 1 fully saturated rings. The summed E-state index contributed by atoms with van der Waals surface area (Å²) in [6, 6.07) is -0.289. The SMILES string of the molecule is NC1CCCCC1C(=O)NOCC(F)(F)F. The van der Waals surface area contributed by atoms with E-state index in [1.165, 1.54) is 0 Å². The van der Waals surface area contributed by atoms with Gasteiger partial charge in [-0.25, -0.2) is 5.48 Å². The molecule has 4 nitrogen and oxygen atoms in total. The van der Waals surface area contributed by atoms with Crippen LogP contribution in [0.5, 0.6) is 0 Å². The van der Waals surface area contributed by atoms with E-state index < -0.39 is 24.6 Å². The fraction of sp³-hybridized carbons (Fsp3) is 0.889. The normalized spacial score (nSPS) is 26.5. The third kappa shape index (κ3) is 4.36. The number of nitrogens with two attached hydrogens (primary N) is 1. The summed E-state index contributed by atoms with van der Waals surface area (Å²) in [5, 5.41) is 0. The fourth-order valence-corrected chi connectivity index (χ4v) is 1.75. The van der Waals surface area contributed by atoms with E-state index in [-0.39, 0.29) is 6.04 Å². The third-order valence-electron chi connectivity index (χ3n) is 2.56. The van der Waals surface area contributed by atoms with Crippen LogP contribution < -0.4 is 11.2 Å². The van der Waals surface area contributed by atoms with E-state index in [1.807, 2.05) is 0 Å². The number of hydrogen-bond acceptors (Lipinski definition) is 3. The maximum absolute atomic E-state index is 11.7. The molecule has 0 bridgehead atoms. The van der Waals surface area contributed by atoms with E-state index in [4.69, 9.17) is 5.73 Å². The predicted molar refractivity (Wildman–Crippen MR) is 50.1 cm³/mol. The molecule has 7 heteroatoms. The second kappa shape index (κ2) is 5.49. The van der Waals surface area contributed by atoms with Crippen LogP contribution >= 0.6 is 0 Å². The van der Waals surface area contributed by atoms with E-state index in [0.717, 1.165) is 19.3 Å². The van der Waals surface area contributed by atoms with Gasteiger partial charge in [-0.2, -0.15) is 13.2 Å². The van der Waals surface area contributed by atoms with Crippen molar-refractivity contribution in [2.75, 3.05) is 6.61 Å². The zero-order valence-electron chi connectivity index (χ0n) is 8.72. The van der Waals surface area contributed by atoms with Gasteiger partial charge in [0.2, 0.25) is 5.91 Å². The molecule has 94 valence electrons. The second-order valence-corrected chi connectivity index (χ2v) is 3.92. The van der Waals surface area contributed by atoms with E-state index >= 15 is 0 Å². The summed E-state index contributed by atoms with van der Waals surface area (Å²) < 4.78 is 35.2. The number of nitrogens with one attached hydrogen (secondary N) is 1. The maximum Gasteiger partial charge on any atom is 0.414 e. The molecular weight excluding hydrogens is 225 g/mol. The Morgan fingerprint density at radius 3 is 2.56 bits per heavy atom. The summed E-state index contributed by atoms with van der Waals surface area (Å²) in [5.41, 5.74) is 7.50. The van der Waals surface area contributed by atoms with Crippen molar-refractivity contribution < 1.29 is 22.8 Å². The molecule has 2 unspecified atom stereocenters. The first-order valence-electron chi connectivity index (χ1n) is 5.14. The number of carbonyl (C=O) groups excluding carboxylic acids is 1. The van der Waals surface area contributed by atoms with Gasteiger partial charge in [0.15, 0.2) is 6.61 Å². The molecule has 1 saturated carbocycles. The lowest BCUT2D eigenvalue weighted by molar-refractivity contribution is -0.193. The molecule has 0 heterocycles. The van der Waals surface area contributed by atoms with Crippen LogP contribution in [0.4, 0.5) is 13.2 Å². The van der Waals surface area contributed by atoms with Crippen LogP contribution in [0.1, 0.15) is 25.7 Å². The van der Waals surface area contributed by atoms with Gasteiger partial charge in [0.25, 0.3) is 0 Å². The van der Waals surface area contributed by atoms with Crippen LogP contribution in [0.25, 0.3) is 0 Å². The minimum Gasteiger partial charge on any atom is -0.327 e. The van der Waals surface area contributed by atoms with Gasteiger partial charge in [-0.15, -0.1) is 0 Å². The Balaban J connectivity index is 2.29. The molecule has 0 aromatic heterocycles. The quantitative estimate of drug-likeness (QED) is 0.726. The van der Waals surface area contributed by atoms with Crippen molar-refractivity contribution in [3.63, 3.8) is 0 Å². The molecular formula is C9H15F3N2O2. The maximum atomic E-state index is 11.7. The van der Waals surface area contributed by atoms with Crippen LogP contribution in [0.3, 0.4) is 0 Å². The first-order chi connectivity index (χ1) is 7.40. The first-order valence-corrected chi connectivity index (χ1v) is 5.14. The summed E-state index contributed by atoms with van der Waals surface area (Å²) >= 11 is 0. The van der Waals surface area contributed by atoms with Crippen molar-refractivity contribution in [2.45, 2.75) is 37.9 Å². The second-order valence-electron chi connectivity index (χ2n) is 3.92. The van der Waals surface area contributed by atoms with Crippen LogP contribution in [-0.2, 0) is 9.63 Å². The zero-order chi connectivity index (χ0) is 12.2. The Morgan fingerprint density at radius 1 is 1.38 bits per heavy atom. The Morgan fingerprint density at radius 2 is 2.00 bits per heavy atom. The van der Waals surface area contributed by atoms with E-state index in [9.17, 15) is 18.0 Å². The lowest BCUT2D eigenvalue weighted by Gasteiger charge is -2.27. The lowest BCUT2D eigenvalue weighted by atomic mass is 9.85. The Bertz CT molecular complexity index is 245. The van der Waals surface area contributed by atoms with Crippen LogP contribution in [0, 0.1) is 5.92 Å². The number of alkyl halides is 3. The van der Waals surface area contributed by atoms with Gasteiger partial charge >= 0.3 is 6.18 Å². The summed E-state index contributed by atoms with van der Waals surface area (Å²) in [4.78, 5) is 15.5. The zero-order valence-corrected chi connectivity index (χ0v) is 8.72. The summed E-state index contributed by atoms with van der Waals surface area (Å²) in [5.74, 6) is -1.00. The van der Waals surface area contributed by atoms with Crippen molar-refractivity contribution in [1.29, 1.82) is 0 Å². The van der Waals surface area contributed by atoms with Crippen molar-refractivity contribution in [2.24, 2.45) is 11.7 Å². The topological polar surface area (TPSA) is 64.4 Å². The molecule has 16 heavy (non-hydrogen) atoms. The summed E-state index contributed by atoms with van der Waals surface area (Å²) in [6.07, 6.45) is -1.30. The molecule has 0 aromatic rings. The van der Waals surface area contributed by atoms with Crippen molar-refractivity contribution in [3.05, 3.63) is 0 Å². The molecule has 1 aliphatic carbocycles. The molecule has 2 atom stereocenters. The lowest BCUT2D eigenvalue weighted by Crippen LogP contribution is -2.44. The van der Waals surface area contributed by atoms with Crippen molar-refractivity contribution in [3.8, 4) is 0 Å². The Hall–Kier alpha value is -0.820. The van der Waals surface area contributed by atoms with Crippen LogP contribution in [0.15, 0.2) is 0 Å². The van der Waals surface area contributed by atoms with Crippen LogP contribution in [0.2, 0.25) is 0 Å². The van der Waals surface area contributed by atoms with Crippen molar-refractivity contribution >= 4 is 5.91 Å². The highest BCUT2D eigenvalue weighted by Gasteiger charge is 2.31. The third-order valence-corrected chi connectivity index (χ3v) is 2.56. The highest BCUT2D eigenvalue weighted by Crippen LogP contribution is 2.23. The molecule has 1 aliphatic rings. The predicted octanol–water partition coefficient (Wildman–Crippen LogP) is 1.11. The van der Waals surface area contributed by atoms with E-state index in [2.05, 4.69) is 4.84 Å². The van der Waals surface area contributed by atoms with Gasteiger partial charge in [-0.05, 0) is 12.8 Å². The number of carbonyl (C=O) groups is 1. The molecule has 0 radical (unpaired) electrons. The number of hydroxylamine groups is 1. The Labute approximate surface area is 91.3 Å². The average molecular weight is 240 g/mol. The average Bonchev–Trinajstić information content (AvgIpc) is 2.16. The highest BCUT2D eigenvalue weighted by molar-refractivity contribution is 5.78. The number of rotatable bonds is 3. The van der Waals surface area contributed by atoms with Gasteiger partial charge < -0.3 is 5.73 Å². The number of halogens is 3. The van der Waals surface area contributed by atoms with Crippen molar-refractivity contribution in [1.82, 2.24) is 5.48 Å². The molecule has 1 amide bonds. The largest absolute Gasteiger partial charge is 0.414 e. The van der Waals surface area contributed by atoms with Gasteiger partial charge in [-0.1, -0.05) is 12.8 Å². The molecule has 0 spiro atoms. The molecule has 0 aromatic carbocycles. The molecule has 0 saturated heterocycles. The van der Waals surface area contributed by atoms with E-state index in [0.29, 0.717) is 6.42 Å². The standard InChI is InChI=1S/C9H15F3N2O2/c10-9(11,12)5-16-14-8(15)6-3-1-2-4-7(6)13/h6-7H,1-5,13H2,(H,14,15). The highest BCUT2D eigenvalue weighted by atomic mass is 19.4. The number of hydrogen-bond donors (Lipinski definition) is 2. The first kappa shape index (κ1) is 13.2. The minimum atomic E-state index is -4.44. The van der Waals surface area contributed by atoms with Crippen LogP contribution in [-0.4, -0.2) is 24.7 Å². The summed E-state index contributed by atoms with van der Waals surface area (Å²) in [6.45, 7) is -1.49. The van der Waals surface area contributed by atoms with Gasteiger partial charge in [0, 0.05) is 6.04 Å². The number of amides is 1. The molecule has 1 rings (SSSR count). The fourth-order valence-electron chi connectivity index (χ4n) is 1.75. The molecule has 0 aliphatic heterocycles. The Kier molecular flexibility index (Phi) is 4.55. The van der Waals surface area contributed by atoms with E-state index in [1.54, 1.807) is 5.48 Å². The minimum absolute atomic E-state index is 0.289. The van der Waals surface area contributed by atoms with Gasteiger partial charge in [0.1, 0.15) is 0 Å². The van der Waals surface area contributed by atoms with Gasteiger partial charge in [-0.3, -0.25) is 9.63 Å². The monoisotopic (exact) mass is 240 g/mol. The smallest absolute Gasteiger partial charge is 0.327 e. The van der Waals surface area contributed by atoms with Gasteiger partial charge in [0.05, 0.1) is 5.92 Å². The summed E-state index contributed by atoms with van der Waals surface area (Å²) in [7, 11) is 0. The molecule has 3 N–H and O–H groups in total.